The third kappa shape index (κ3) is 3.77. The van der Waals surface area contributed by atoms with E-state index in [1.807, 2.05) is 0 Å². The summed E-state index contributed by atoms with van der Waals surface area (Å²) in [5, 5.41) is 0. The fourth-order valence-electron chi connectivity index (χ4n) is 2.99. The normalized spacial score (nSPS) is 28.4. The number of carbonyl (C=O) groups is 1. The molecule has 4 heteroatoms. The first kappa shape index (κ1) is 14.0. The minimum absolute atomic E-state index is 0.306. The summed E-state index contributed by atoms with van der Waals surface area (Å²) < 4.78 is 5.84. The second-order valence-corrected chi connectivity index (χ2v) is 5.57. The number of hydrogen-bond donors (Lipinski definition) is 0. The Morgan fingerprint density at radius 1 is 1.22 bits per heavy atom. The van der Waals surface area contributed by atoms with Gasteiger partial charge in [0, 0.05) is 25.6 Å². The van der Waals surface area contributed by atoms with Crippen LogP contribution in [-0.2, 0) is 9.53 Å². The number of morpholine rings is 1. The van der Waals surface area contributed by atoms with Gasteiger partial charge in [0.2, 0.25) is 0 Å². The van der Waals surface area contributed by atoms with Gasteiger partial charge in [-0.1, -0.05) is 6.92 Å². The van der Waals surface area contributed by atoms with Gasteiger partial charge in [-0.05, 0) is 39.4 Å². The molecule has 2 aliphatic heterocycles. The molecule has 0 aliphatic carbocycles. The fraction of sp³-hybridized carbons (Fsp3) is 0.929. The third-order valence-electron chi connectivity index (χ3n) is 4.29. The first-order valence-electron chi connectivity index (χ1n) is 7.25. The molecule has 0 amide bonds. The lowest BCUT2D eigenvalue weighted by molar-refractivity contribution is -0.122. The van der Waals surface area contributed by atoms with E-state index in [-0.39, 0.29) is 0 Å². The lowest BCUT2D eigenvalue weighted by Gasteiger charge is -2.37. The van der Waals surface area contributed by atoms with E-state index in [0.717, 1.165) is 58.7 Å². The molecule has 2 heterocycles. The second kappa shape index (κ2) is 6.64. The number of piperidine rings is 1. The van der Waals surface area contributed by atoms with Gasteiger partial charge >= 0.3 is 0 Å². The fourth-order valence-corrected chi connectivity index (χ4v) is 2.99. The van der Waals surface area contributed by atoms with Gasteiger partial charge in [0.15, 0.2) is 0 Å². The van der Waals surface area contributed by atoms with Crippen molar-refractivity contribution < 1.29 is 9.53 Å². The van der Waals surface area contributed by atoms with Crippen LogP contribution in [-0.4, -0.2) is 67.6 Å². The smallest absolute Gasteiger partial charge is 0.133 e. The SMILES string of the molecule is CCN1CCOC(CN2CCC(C(C)=O)CC2)C1. The Bertz CT molecular complexity index is 275. The number of Topliss-reactive ketones (excluding diaryl/α,β-unsaturated/α-hetero) is 1. The van der Waals surface area contributed by atoms with E-state index in [0.29, 0.717) is 17.8 Å². The molecule has 2 saturated heterocycles. The van der Waals surface area contributed by atoms with Crippen molar-refractivity contribution in [2.24, 2.45) is 5.92 Å². The minimum atomic E-state index is 0.306. The zero-order valence-electron chi connectivity index (χ0n) is 11.7. The molecule has 0 aromatic carbocycles. The van der Waals surface area contributed by atoms with Crippen LogP contribution in [0.1, 0.15) is 26.7 Å². The number of likely N-dealkylation sites (tertiary alicyclic amines) is 1. The van der Waals surface area contributed by atoms with Crippen LogP contribution in [0.15, 0.2) is 0 Å². The Hall–Kier alpha value is -0.450. The predicted molar refractivity (Wildman–Crippen MR) is 71.7 cm³/mol. The van der Waals surface area contributed by atoms with Crippen LogP contribution in [0.3, 0.4) is 0 Å². The molecule has 0 radical (unpaired) electrons. The molecule has 18 heavy (non-hydrogen) atoms. The molecule has 0 saturated carbocycles. The Labute approximate surface area is 110 Å². The van der Waals surface area contributed by atoms with Crippen molar-refractivity contribution >= 4 is 5.78 Å². The van der Waals surface area contributed by atoms with Gasteiger partial charge in [-0.3, -0.25) is 9.69 Å². The molecule has 2 aliphatic rings. The average molecular weight is 254 g/mol. The van der Waals surface area contributed by atoms with Crippen LogP contribution < -0.4 is 0 Å². The lowest BCUT2D eigenvalue weighted by atomic mass is 9.93. The molecular formula is C14H26N2O2. The van der Waals surface area contributed by atoms with E-state index >= 15 is 0 Å². The van der Waals surface area contributed by atoms with Gasteiger partial charge in [-0.2, -0.15) is 0 Å². The van der Waals surface area contributed by atoms with Crippen LogP contribution in [0.25, 0.3) is 0 Å². The van der Waals surface area contributed by atoms with Crippen LogP contribution in [0.2, 0.25) is 0 Å². The van der Waals surface area contributed by atoms with Crippen molar-refractivity contribution in [1.29, 1.82) is 0 Å². The van der Waals surface area contributed by atoms with Gasteiger partial charge in [0.05, 0.1) is 12.7 Å². The van der Waals surface area contributed by atoms with E-state index in [1.165, 1.54) is 0 Å². The van der Waals surface area contributed by atoms with Gasteiger partial charge in [0.1, 0.15) is 5.78 Å². The molecular weight excluding hydrogens is 228 g/mol. The highest BCUT2D eigenvalue weighted by molar-refractivity contribution is 5.78. The molecule has 0 spiro atoms. The maximum Gasteiger partial charge on any atom is 0.133 e. The molecule has 0 aromatic rings. The summed E-state index contributed by atoms with van der Waals surface area (Å²) >= 11 is 0. The van der Waals surface area contributed by atoms with E-state index in [1.54, 1.807) is 6.92 Å². The van der Waals surface area contributed by atoms with Gasteiger partial charge < -0.3 is 9.64 Å². The molecule has 1 unspecified atom stereocenters. The Balaban J connectivity index is 1.72. The summed E-state index contributed by atoms with van der Waals surface area (Å²) in [5.41, 5.74) is 0. The first-order chi connectivity index (χ1) is 8.69. The van der Waals surface area contributed by atoms with E-state index in [2.05, 4.69) is 16.7 Å². The number of rotatable bonds is 4. The molecule has 4 nitrogen and oxygen atoms in total. The minimum Gasteiger partial charge on any atom is -0.374 e. The highest BCUT2D eigenvalue weighted by Gasteiger charge is 2.26. The zero-order chi connectivity index (χ0) is 13.0. The predicted octanol–water partition coefficient (Wildman–Crippen LogP) is 1.01. The van der Waals surface area contributed by atoms with Gasteiger partial charge in [-0.15, -0.1) is 0 Å². The molecule has 0 bridgehead atoms. The molecule has 0 aromatic heterocycles. The molecule has 0 N–H and O–H groups in total. The van der Waals surface area contributed by atoms with Crippen LogP contribution in [0, 0.1) is 5.92 Å². The van der Waals surface area contributed by atoms with Crippen molar-refractivity contribution in [3.8, 4) is 0 Å². The third-order valence-corrected chi connectivity index (χ3v) is 4.29. The Kier molecular flexibility index (Phi) is 5.15. The molecule has 2 rings (SSSR count). The topological polar surface area (TPSA) is 32.8 Å². The maximum absolute atomic E-state index is 11.3. The molecule has 104 valence electrons. The van der Waals surface area contributed by atoms with E-state index in [4.69, 9.17) is 4.74 Å². The van der Waals surface area contributed by atoms with E-state index < -0.39 is 0 Å². The first-order valence-corrected chi connectivity index (χ1v) is 7.25. The Morgan fingerprint density at radius 2 is 1.94 bits per heavy atom. The number of nitrogens with zero attached hydrogens (tertiary/aromatic N) is 2. The average Bonchev–Trinajstić information content (AvgIpc) is 2.39. The largest absolute Gasteiger partial charge is 0.374 e. The number of hydrogen-bond acceptors (Lipinski definition) is 4. The van der Waals surface area contributed by atoms with Gasteiger partial charge in [0.25, 0.3) is 0 Å². The number of carbonyl (C=O) groups excluding carboxylic acids is 1. The summed E-state index contributed by atoms with van der Waals surface area (Å²) in [6.07, 6.45) is 2.41. The highest BCUT2D eigenvalue weighted by Crippen LogP contribution is 2.19. The highest BCUT2D eigenvalue weighted by atomic mass is 16.5. The standard InChI is InChI=1S/C14H26N2O2/c1-3-15-8-9-18-14(10-15)11-16-6-4-13(5-7-16)12(2)17/h13-14H,3-11H2,1-2H3. The Morgan fingerprint density at radius 3 is 2.56 bits per heavy atom. The van der Waals surface area contributed by atoms with Crippen molar-refractivity contribution in [3.05, 3.63) is 0 Å². The van der Waals surface area contributed by atoms with E-state index in [9.17, 15) is 4.79 Å². The van der Waals surface area contributed by atoms with Crippen molar-refractivity contribution in [3.63, 3.8) is 0 Å². The van der Waals surface area contributed by atoms with Crippen molar-refractivity contribution in [1.82, 2.24) is 9.80 Å². The number of ketones is 1. The summed E-state index contributed by atoms with van der Waals surface area (Å²) in [4.78, 5) is 16.2. The lowest BCUT2D eigenvalue weighted by Crippen LogP contribution is -2.49. The van der Waals surface area contributed by atoms with Crippen LogP contribution >= 0.6 is 0 Å². The molecule has 2 fully saturated rings. The number of ether oxygens (including phenoxy) is 1. The van der Waals surface area contributed by atoms with Crippen molar-refractivity contribution in [2.75, 3.05) is 45.9 Å². The second-order valence-electron chi connectivity index (χ2n) is 5.57. The summed E-state index contributed by atoms with van der Waals surface area (Å²) in [6.45, 7) is 11.2. The maximum atomic E-state index is 11.3. The summed E-state index contributed by atoms with van der Waals surface area (Å²) in [6, 6.07) is 0. The van der Waals surface area contributed by atoms with Crippen molar-refractivity contribution in [2.45, 2.75) is 32.8 Å². The quantitative estimate of drug-likeness (QED) is 0.749. The molecule has 1 atom stereocenters. The zero-order valence-corrected chi connectivity index (χ0v) is 11.7. The van der Waals surface area contributed by atoms with Crippen LogP contribution in [0.4, 0.5) is 0 Å². The van der Waals surface area contributed by atoms with Gasteiger partial charge in [-0.25, -0.2) is 0 Å². The number of likely N-dealkylation sites (N-methyl/N-ethyl adjacent to an activating group) is 1. The summed E-state index contributed by atoms with van der Waals surface area (Å²) in [7, 11) is 0. The monoisotopic (exact) mass is 254 g/mol. The summed E-state index contributed by atoms with van der Waals surface area (Å²) in [5.74, 6) is 0.668. The van der Waals surface area contributed by atoms with Crippen LogP contribution in [0.5, 0.6) is 0 Å².